The van der Waals surface area contributed by atoms with Crippen LogP contribution in [0, 0.1) is 17.7 Å². The van der Waals surface area contributed by atoms with Crippen molar-refractivity contribution in [2.24, 2.45) is 11.8 Å². The van der Waals surface area contributed by atoms with E-state index in [4.69, 9.17) is 5.11 Å². The first-order valence-corrected chi connectivity index (χ1v) is 9.17. The summed E-state index contributed by atoms with van der Waals surface area (Å²) >= 11 is 0. The molecule has 0 saturated carbocycles. The Morgan fingerprint density at radius 1 is 1.29 bits per heavy atom. The van der Waals surface area contributed by atoms with E-state index in [0.717, 1.165) is 18.4 Å². The molecule has 0 heterocycles. The molecule has 1 aromatic carbocycles. The normalized spacial score (nSPS) is 12.7. The molecule has 1 amide bonds. The number of aliphatic carboxylic acids is 1. The second-order valence-electron chi connectivity index (χ2n) is 5.94. The van der Waals surface area contributed by atoms with Crippen molar-refractivity contribution in [3.63, 3.8) is 0 Å². The first-order chi connectivity index (χ1) is 11.0. The Morgan fingerprint density at radius 3 is 2.42 bits per heavy atom. The van der Waals surface area contributed by atoms with E-state index in [2.05, 4.69) is 5.32 Å². The quantitative estimate of drug-likeness (QED) is 0.653. The average molecular weight is 360 g/mol. The van der Waals surface area contributed by atoms with Crippen molar-refractivity contribution >= 4 is 27.6 Å². The van der Waals surface area contributed by atoms with Crippen LogP contribution in [-0.2, 0) is 14.8 Å². The highest BCUT2D eigenvalue weighted by Gasteiger charge is 2.20. The number of benzene rings is 1. The summed E-state index contributed by atoms with van der Waals surface area (Å²) in [6.07, 6.45) is 1.27. The molecule has 0 saturated heterocycles. The van der Waals surface area contributed by atoms with Gasteiger partial charge in [0.15, 0.2) is 0 Å². The molecule has 0 aliphatic heterocycles. The summed E-state index contributed by atoms with van der Waals surface area (Å²) in [6, 6.07) is 3.21. The van der Waals surface area contributed by atoms with E-state index in [1.807, 2.05) is 18.6 Å². The van der Waals surface area contributed by atoms with E-state index in [1.54, 1.807) is 0 Å². The minimum atomic E-state index is -3.69. The Kier molecular flexibility index (Phi) is 6.70. The smallest absolute Gasteiger partial charge is 0.308 e. The van der Waals surface area contributed by atoms with Gasteiger partial charge < -0.3 is 10.4 Å². The standard InChI is InChI=1S/C15H21FN2O5S/c1-9(2)6-11(15(20)21)8-17-14(19)10-4-5-12(16)13(7-10)18-24(3,22)23/h4-5,7,9,11,18H,6,8H2,1-3H3,(H,17,19)(H,20,21). The summed E-state index contributed by atoms with van der Waals surface area (Å²) in [6.45, 7) is 3.68. The van der Waals surface area contributed by atoms with Crippen molar-refractivity contribution in [2.45, 2.75) is 20.3 Å². The van der Waals surface area contributed by atoms with Crippen molar-refractivity contribution in [3.05, 3.63) is 29.6 Å². The summed E-state index contributed by atoms with van der Waals surface area (Å²) in [4.78, 5) is 23.2. The van der Waals surface area contributed by atoms with E-state index >= 15 is 0 Å². The topological polar surface area (TPSA) is 113 Å². The Hall–Kier alpha value is -2.16. The molecule has 0 aliphatic rings. The molecule has 7 nitrogen and oxygen atoms in total. The molecular formula is C15H21FN2O5S. The number of carboxylic acid groups (broad SMARTS) is 1. The molecule has 0 aliphatic carbocycles. The molecule has 9 heteroatoms. The molecule has 0 aromatic heterocycles. The minimum absolute atomic E-state index is 0.0243. The number of carboxylic acids is 1. The maximum Gasteiger partial charge on any atom is 0.308 e. The van der Waals surface area contributed by atoms with Gasteiger partial charge in [0.25, 0.3) is 5.91 Å². The molecule has 1 atom stereocenters. The van der Waals surface area contributed by atoms with Crippen LogP contribution in [0.1, 0.15) is 30.6 Å². The number of amides is 1. The van der Waals surface area contributed by atoms with Gasteiger partial charge in [-0.1, -0.05) is 13.8 Å². The second-order valence-corrected chi connectivity index (χ2v) is 7.69. The second kappa shape index (κ2) is 8.09. The fourth-order valence-corrected chi connectivity index (χ4v) is 2.66. The molecule has 1 unspecified atom stereocenters. The van der Waals surface area contributed by atoms with Crippen molar-refractivity contribution < 1.29 is 27.5 Å². The van der Waals surface area contributed by atoms with Crippen LogP contribution >= 0.6 is 0 Å². The number of sulfonamides is 1. The number of anilines is 1. The zero-order valence-corrected chi connectivity index (χ0v) is 14.5. The number of nitrogens with one attached hydrogen (secondary N) is 2. The minimum Gasteiger partial charge on any atom is -0.481 e. The van der Waals surface area contributed by atoms with Crippen LogP contribution in [0.2, 0.25) is 0 Å². The van der Waals surface area contributed by atoms with Gasteiger partial charge in [-0.3, -0.25) is 14.3 Å². The summed E-state index contributed by atoms with van der Waals surface area (Å²) in [7, 11) is -3.69. The Balaban J connectivity index is 2.84. The van der Waals surface area contributed by atoms with Gasteiger partial charge in [0.05, 0.1) is 17.9 Å². The van der Waals surface area contributed by atoms with E-state index in [1.165, 1.54) is 6.07 Å². The summed E-state index contributed by atoms with van der Waals surface area (Å²) in [5, 5.41) is 11.6. The van der Waals surface area contributed by atoms with Gasteiger partial charge in [-0.05, 0) is 30.5 Å². The monoisotopic (exact) mass is 360 g/mol. The number of carbonyl (C=O) groups excluding carboxylic acids is 1. The molecule has 3 N–H and O–H groups in total. The van der Waals surface area contributed by atoms with Crippen molar-refractivity contribution in [1.82, 2.24) is 5.32 Å². The largest absolute Gasteiger partial charge is 0.481 e. The van der Waals surface area contributed by atoms with E-state index in [0.29, 0.717) is 6.42 Å². The molecular weight excluding hydrogens is 339 g/mol. The van der Waals surface area contributed by atoms with Crippen LogP contribution in [0.25, 0.3) is 0 Å². The van der Waals surface area contributed by atoms with Crippen molar-refractivity contribution in [2.75, 3.05) is 17.5 Å². The lowest BCUT2D eigenvalue weighted by molar-refractivity contribution is -0.142. The predicted octanol–water partition coefficient (Wildman–Crippen LogP) is 1.67. The lowest BCUT2D eigenvalue weighted by Crippen LogP contribution is -2.33. The third kappa shape index (κ3) is 6.53. The van der Waals surface area contributed by atoms with Crippen LogP contribution in [-0.4, -0.2) is 38.2 Å². The van der Waals surface area contributed by atoms with Gasteiger partial charge in [-0.15, -0.1) is 0 Å². The number of hydrogen-bond donors (Lipinski definition) is 3. The molecule has 24 heavy (non-hydrogen) atoms. The van der Waals surface area contributed by atoms with Crippen LogP contribution in [0.15, 0.2) is 18.2 Å². The first-order valence-electron chi connectivity index (χ1n) is 7.28. The zero-order chi connectivity index (χ0) is 18.5. The predicted molar refractivity (Wildman–Crippen MR) is 87.8 cm³/mol. The van der Waals surface area contributed by atoms with Gasteiger partial charge in [-0.25, -0.2) is 12.8 Å². The fraction of sp³-hybridized carbons (Fsp3) is 0.467. The van der Waals surface area contributed by atoms with Crippen molar-refractivity contribution in [3.8, 4) is 0 Å². The van der Waals surface area contributed by atoms with Crippen LogP contribution in [0.3, 0.4) is 0 Å². The first kappa shape index (κ1) is 19.9. The maximum absolute atomic E-state index is 13.6. The number of rotatable bonds is 8. The van der Waals surface area contributed by atoms with Gasteiger partial charge in [-0.2, -0.15) is 0 Å². The third-order valence-electron chi connectivity index (χ3n) is 3.14. The molecule has 1 aromatic rings. The Morgan fingerprint density at radius 2 is 1.92 bits per heavy atom. The Bertz CT molecular complexity index is 719. The highest BCUT2D eigenvalue weighted by atomic mass is 32.2. The van der Waals surface area contributed by atoms with Gasteiger partial charge in [0.2, 0.25) is 10.0 Å². The molecule has 1 rings (SSSR count). The highest BCUT2D eigenvalue weighted by molar-refractivity contribution is 7.92. The molecule has 0 fully saturated rings. The van der Waals surface area contributed by atoms with Crippen molar-refractivity contribution in [1.29, 1.82) is 0 Å². The van der Waals surface area contributed by atoms with E-state index in [-0.39, 0.29) is 23.7 Å². The Labute approximate surface area is 140 Å². The van der Waals surface area contributed by atoms with Crippen LogP contribution in [0.5, 0.6) is 0 Å². The van der Waals surface area contributed by atoms with Gasteiger partial charge >= 0.3 is 5.97 Å². The van der Waals surface area contributed by atoms with Gasteiger partial charge in [0.1, 0.15) is 5.82 Å². The fourth-order valence-electron chi connectivity index (χ4n) is 2.10. The zero-order valence-electron chi connectivity index (χ0n) is 13.7. The van der Waals surface area contributed by atoms with Crippen LogP contribution < -0.4 is 10.0 Å². The maximum atomic E-state index is 13.6. The molecule has 134 valence electrons. The summed E-state index contributed by atoms with van der Waals surface area (Å²) in [5.74, 6) is -3.02. The number of carbonyl (C=O) groups is 2. The SMILES string of the molecule is CC(C)CC(CNC(=O)c1ccc(F)c(NS(C)(=O)=O)c1)C(=O)O. The molecule has 0 spiro atoms. The lowest BCUT2D eigenvalue weighted by atomic mass is 9.97. The summed E-state index contributed by atoms with van der Waals surface area (Å²) in [5.41, 5.74) is -0.321. The van der Waals surface area contributed by atoms with E-state index in [9.17, 15) is 22.4 Å². The number of hydrogen-bond acceptors (Lipinski definition) is 4. The van der Waals surface area contributed by atoms with Crippen LogP contribution in [0.4, 0.5) is 10.1 Å². The van der Waals surface area contributed by atoms with Gasteiger partial charge in [0, 0.05) is 12.1 Å². The molecule has 0 bridgehead atoms. The number of halogens is 1. The molecule has 0 radical (unpaired) electrons. The highest BCUT2D eigenvalue weighted by Crippen LogP contribution is 2.18. The average Bonchev–Trinajstić information content (AvgIpc) is 2.43. The lowest BCUT2D eigenvalue weighted by Gasteiger charge is -2.15. The van der Waals surface area contributed by atoms with E-state index < -0.39 is 33.6 Å². The summed E-state index contributed by atoms with van der Waals surface area (Å²) < 4.78 is 37.9. The third-order valence-corrected chi connectivity index (χ3v) is 3.73.